The summed E-state index contributed by atoms with van der Waals surface area (Å²) < 4.78 is 42.1. The van der Waals surface area contributed by atoms with E-state index in [0.717, 1.165) is 32.2 Å². The van der Waals surface area contributed by atoms with Gasteiger partial charge in [0.25, 0.3) is 5.56 Å². The fourth-order valence-corrected chi connectivity index (χ4v) is 5.61. The van der Waals surface area contributed by atoms with Gasteiger partial charge in [0.2, 0.25) is 11.7 Å². The standard InChI is InChI=1S/C26H29ClF2N6O3/c1-34-19-8-7-15(31-23-18(27)11-30-25(33-23)35-9-3-4-16(35)12-37-2)10-17(19)20-21(24(34)36)38-13-26(28,29)22(32-20)14-5-6-14/h7-8,10-11,14,16,22,32H,3-6,9,12-13H2,1-2H3,(H,30,31,33)/t16-,22+/m1/s1. The van der Waals surface area contributed by atoms with Crippen LogP contribution < -0.4 is 25.8 Å². The SMILES string of the molecule is COC[C@H]1CCCN1c1ncc(Cl)c(Nc2ccc3c(c2)c2c(c(=O)n3C)OCC(F)(F)[C@H](C3CC3)N2)n1. The lowest BCUT2D eigenvalue weighted by Gasteiger charge is -2.25. The maximum atomic E-state index is 14.9. The van der Waals surface area contributed by atoms with Crippen molar-refractivity contribution in [1.82, 2.24) is 14.5 Å². The molecule has 12 heteroatoms. The Kier molecular flexibility index (Phi) is 6.30. The summed E-state index contributed by atoms with van der Waals surface area (Å²) in [5, 5.41) is 7.17. The summed E-state index contributed by atoms with van der Waals surface area (Å²) in [5.41, 5.74) is 1.03. The Morgan fingerprint density at radius 2 is 2.13 bits per heavy atom. The first-order chi connectivity index (χ1) is 18.3. The first-order valence-corrected chi connectivity index (χ1v) is 13.1. The summed E-state index contributed by atoms with van der Waals surface area (Å²) in [5.74, 6) is -2.39. The molecule has 4 heterocycles. The van der Waals surface area contributed by atoms with Gasteiger partial charge in [0, 0.05) is 31.8 Å². The molecule has 2 aliphatic heterocycles. The van der Waals surface area contributed by atoms with Gasteiger partial charge < -0.3 is 29.6 Å². The minimum atomic E-state index is -3.10. The Hall–Kier alpha value is -3.18. The molecule has 3 aliphatic rings. The Morgan fingerprint density at radius 3 is 2.89 bits per heavy atom. The van der Waals surface area contributed by atoms with Gasteiger partial charge in [-0.3, -0.25) is 4.79 Å². The van der Waals surface area contributed by atoms with Crippen molar-refractivity contribution >= 4 is 45.6 Å². The molecule has 1 aromatic carbocycles. The average molecular weight is 547 g/mol. The topological polar surface area (TPSA) is 93.5 Å². The van der Waals surface area contributed by atoms with Gasteiger partial charge in [0.15, 0.2) is 12.4 Å². The van der Waals surface area contributed by atoms with Gasteiger partial charge in [-0.25, -0.2) is 13.8 Å². The summed E-state index contributed by atoms with van der Waals surface area (Å²) in [4.78, 5) is 24.3. The number of benzene rings is 1. The van der Waals surface area contributed by atoms with E-state index >= 15 is 0 Å². The molecule has 0 bridgehead atoms. The van der Waals surface area contributed by atoms with E-state index in [9.17, 15) is 13.6 Å². The van der Waals surface area contributed by atoms with Crippen LogP contribution in [0.3, 0.4) is 0 Å². The normalized spacial score (nSPS) is 22.5. The summed E-state index contributed by atoms with van der Waals surface area (Å²) in [6, 6.07) is 4.44. The van der Waals surface area contributed by atoms with Gasteiger partial charge in [-0.15, -0.1) is 0 Å². The number of ether oxygens (including phenoxy) is 2. The molecule has 1 aliphatic carbocycles. The van der Waals surface area contributed by atoms with Gasteiger partial charge in [-0.05, 0) is 49.8 Å². The van der Waals surface area contributed by atoms with Gasteiger partial charge in [-0.2, -0.15) is 4.98 Å². The van der Waals surface area contributed by atoms with Crippen LogP contribution >= 0.6 is 11.6 Å². The summed E-state index contributed by atoms with van der Waals surface area (Å²) in [6.45, 7) is 0.565. The third kappa shape index (κ3) is 4.41. The molecule has 0 radical (unpaired) electrons. The highest BCUT2D eigenvalue weighted by molar-refractivity contribution is 6.33. The molecule has 1 saturated carbocycles. The molecule has 0 spiro atoms. The largest absolute Gasteiger partial charge is 0.480 e. The highest BCUT2D eigenvalue weighted by Gasteiger charge is 2.51. The molecule has 9 nitrogen and oxygen atoms in total. The second-order valence-electron chi connectivity index (χ2n) is 10.2. The van der Waals surface area contributed by atoms with Gasteiger partial charge in [0.05, 0.1) is 36.1 Å². The van der Waals surface area contributed by atoms with Gasteiger partial charge in [-0.1, -0.05) is 11.6 Å². The van der Waals surface area contributed by atoms with E-state index in [1.54, 1.807) is 38.6 Å². The number of rotatable bonds is 6. The predicted octanol–water partition coefficient (Wildman–Crippen LogP) is 4.56. The zero-order chi connectivity index (χ0) is 26.6. The molecule has 1 saturated heterocycles. The maximum absolute atomic E-state index is 14.9. The lowest BCUT2D eigenvalue weighted by Crippen LogP contribution is -2.44. The molecular formula is C26H29ClF2N6O3. The van der Waals surface area contributed by atoms with Gasteiger partial charge >= 0.3 is 5.92 Å². The summed E-state index contributed by atoms with van der Waals surface area (Å²) >= 11 is 6.45. The van der Waals surface area contributed by atoms with Crippen LogP contribution in [0.2, 0.25) is 5.02 Å². The van der Waals surface area contributed by atoms with Crippen LogP contribution in [0.4, 0.5) is 31.9 Å². The number of hydrogen-bond acceptors (Lipinski definition) is 8. The third-order valence-electron chi connectivity index (χ3n) is 7.60. The van der Waals surface area contributed by atoms with Crippen LogP contribution in [0.15, 0.2) is 29.2 Å². The fourth-order valence-electron chi connectivity index (χ4n) is 5.47. The van der Waals surface area contributed by atoms with Crippen molar-refractivity contribution in [3.8, 4) is 5.75 Å². The minimum Gasteiger partial charge on any atom is -0.480 e. The number of hydrogen-bond donors (Lipinski definition) is 2. The fraction of sp³-hybridized carbons (Fsp3) is 0.500. The first-order valence-electron chi connectivity index (χ1n) is 12.8. The minimum absolute atomic E-state index is 0.0967. The number of nitrogens with one attached hydrogen (secondary N) is 2. The molecule has 2 fully saturated rings. The number of aromatic nitrogens is 3. The molecule has 0 amide bonds. The van der Waals surface area contributed by atoms with Crippen molar-refractivity contribution < 1.29 is 18.3 Å². The summed E-state index contributed by atoms with van der Waals surface area (Å²) in [7, 11) is 3.28. The number of methoxy groups -OCH3 is 1. The van der Waals surface area contributed by atoms with E-state index in [0.29, 0.717) is 40.0 Å². The van der Waals surface area contributed by atoms with Crippen molar-refractivity contribution in [2.24, 2.45) is 13.0 Å². The second-order valence-corrected chi connectivity index (χ2v) is 10.7. The van der Waals surface area contributed by atoms with E-state index in [4.69, 9.17) is 21.1 Å². The molecule has 2 N–H and O–H groups in total. The average Bonchev–Trinajstić information content (AvgIpc) is 3.65. The van der Waals surface area contributed by atoms with E-state index in [1.165, 1.54) is 4.57 Å². The van der Waals surface area contributed by atoms with E-state index in [-0.39, 0.29) is 23.4 Å². The number of nitrogens with zero attached hydrogens (tertiary/aromatic N) is 4. The molecule has 6 rings (SSSR count). The van der Waals surface area contributed by atoms with Crippen molar-refractivity contribution in [1.29, 1.82) is 0 Å². The zero-order valence-corrected chi connectivity index (χ0v) is 21.9. The number of alkyl halides is 2. The Balaban J connectivity index is 1.38. The monoisotopic (exact) mass is 546 g/mol. The van der Waals surface area contributed by atoms with Crippen molar-refractivity contribution in [2.45, 2.75) is 43.7 Å². The van der Waals surface area contributed by atoms with Crippen LogP contribution in [0, 0.1) is 5.92 Å². The van der Waals surface area contributed by atoms with Gasteiger partial charge in [0.1, 0.15) is 5.02 Å². The number of halogens is 3. The van der Waals surface area contributed by atoms with Crippen LogP contribution in [-0.2, 0) is 11.8 Å². The molecule has 202 valence electrons. The highest BCUT2D eigenvalue weighted by atomic mass is 35.5. The van der Waals surface area contributed by atoms with E-state index in [1.807, 2.05) is 0 Å². The number of aryl methyl sites for hydroxylation is 1. The maximum Gasteiger partial charge on any atom is 0.301 e. The lowest BCUT2D eigenvalue weighted by atomic mass is 10.0. The van der Waals surface area contributed by atoms with E-state index in [2.05, 4.69) is 25.5 Å². The number of anilines is 4. The molecule has 2 atom stereocenters. The van der Waals surface area contributed by atoms with Crippen LogP contribution in [-0.4, -0.2) is 59.4 Å². The third-order valence-corrected chi connectivity index (χ3v) is 7.87. The number of fused-ring (bicyclic) bond motifs is 3. The quantitative estimate of drug-likeness (QED) is 0.465. The Bertz CT molecular complexity index is 1450. The Morgan fingerprint density at radius 1 is 1.32 bits per heavy atom. The van der Waals surface area contributed by atoms with Crippen LogP contribution in [0.1, 0.15) is 25.7 Å². The number of pyridine rings is 1. The summed E-state index contributed by atoms with van der Waals surface area (Å²) in [6.07, 6.45) is 5.01. The Labute approximate surface area is 223 Å². The molecule has 2 aromatic heterocycles. The van der Waals surface area contributed by atoms with Crippen LogP contribution in [0.5, 0.6) is 5.75 Å². The second kappa shape index (κ2) is 9.53. The van der Waals surface area contributed by atoms with Crippen molar-refractivity contribution in [2.75, 3.05) is 42.4 Å². The lowest BCUT2D eigenvalue weighted by molar-refractivity contribution is -0.0579. The molecule has 3 aromatic rings. The van der Waals surface area contributed by atoms with Crippen molar-refractivity contribution in [3.05, 3.63) is 39.8 Å². The predicted molar refractivity (Wildman–Crippen MR) is 142 cm³/mol. The van der Waals surface area contributed by atoms with Crippen LogP contribution in [0.25, 0.3) is 10.9 Å². The smallest absolute Gasteiger partial charge is 0.301 e. The van der Waals surface area contributed by atoms with Crippen molar-refractivity contribution in [3.63, 3.8) is 0 Å². The first kappa shape index (κ1) is 25.1. The molecule has 38 heavy (non-hydrogen) atoms. The molecule has 0 unspecified atom stereocenters. The molecular weight excluding hydrogens is 518 g/mol. The van der Waals surface area contributed by atoms with E-state index < -0.39 is 24.1 Å². The highest BCUT2D eigenvalue weighted by Crippen LogP contribution is 2.45. The zero-order valence-electron chi connectivity index (χ0n) is 21.1.